The van der Waals surface area contributed by atoms with Crippen molar-refractivity contribution >= 4 is 17.8 Å². The van der Waals surface area contributed by atoms with E-state index in [-0.39, 0.29) is 5.91 Å². The van der Waals surface area contributed by atoms with E-state index in [0.29, 0.717) is 13.0 Å². The lowest BCUT2D eigenvalue weighted by atomic mass is 10.3. The molecule has 0 radical (unpaired) electrons. The van der Waals surface area contributed by atoms with Crippen LogP contribution >= 0.6 is 0 Å². The number of hydrogen-bond acceptors (Lipinski definition) is 4. The standard InChI is InChI=1S/C12H22N4O3/c1-9(11(18)15-12(19)13-2)14-6-5-10(17)16-7-3-4-8-16/h9,14H,3-8H2,1-2H3,(H2,13,15,18,19). The summed E-state index contributed by atoms with van der Waals surface area (Å²) in [6, 6.07) is -1.05. The van der Waals surface area contributed by atoms with Crippen molar-refractivity contribution < 1.29 is 14.4 Å². The van der Waals surface area contributed by atoms with Gasteiger partial charge in [0, 0.05) is 33.1 Å². The molecule has 1 atom stereocenters. The first-order chi connectivity index (χ1) is 9.04. The van der Waals surface area contributed by atoms with E-state index < -0.39 is 18.0 Å². The number of carbonyl (C=O) groups excluding carboxylic acids is 3. The summed E-state index contributed by atoms with van der Waals surface area (Å²) in [5.41, 5.74) is 0. The lowest BCUT2D eigenvalue weighted by Gasteiger charge is -2.17. The van der Waals surface area contributed by atoms with Gasteiger partial charge in [0.2, 0.25) is 11.8 Å². The molecule has 7 heteroatoms. The molecule has 1 fully saturated rings. The molecule has 1 heterocycles. The monoisotopic (exact) mass is 270 g/mol. The highest BCUT2D eigenvalue weighted by molar-refractivity contribution is 5.96. The molecule has 1 aliphatic rings. The quantitative estimate of drug-likeness (QED) is 0.624. The van der Waals surface area contributed by atoms with Crippen LogP contribution in [0.15, 0.2) is 0 Å². The molecular formula is C12H22N4O3. The van der Waals surface area contributed by atoms with E-state index in [4.69, 9.17) is 0 Å². The van der Waals surface area contributed by atoms with Crippen molar-refractivity contribution in [3.63, 3.8) is 0 Å². The molecule has 108 valence electrons. The molecule has 7 nitrogen and oxygen atoms in total. The van der Waals surface area contributed by atoms with Crippen molar-refractivity contribution in [2.45, 2.75) is 32.2 Å². The largest absolute Gasteiger partial charge is 0.343 e. The van der Waals surface area contributed by atoms with E-state index in [1.165, 1.54) is 7.05 Å². The van der Waals surface area contributed by atoms with Gasteiger partial charge in [0.05, 0.1) is 6.04 Å². The molecule has 1 rings (SSSR count). The van der Waals surface area contributed by atoms with Crippen molar-refractivity contribution in [1.82, 2.24) is 20.9 Å². The minimum atomic E-state index is -0.535. The number of carbonyl (C=O) groups is 3. The number of nitrogens with one attached hydrogen (secondary N) is 3. The normalized spacial score (nSPS) is 16.0. The molecule has 1 saturated heterocycles. The molecule has 0 bridgehead atoms. The first-order valence-electron chi connectivity index (χ1n) is 6.58. The van der Waals surface area contributed by atoms with Crippen LogP contribution in [-0.4, -0.2) is 55.5 Å². The molecule has 1 aliphatic heterocycles. The van der Waals surface area contributed by atoms with Crippen LogP contribution in [0, 0.1) is 0 Å². The molecule has 0 spiro atoms. The van der Waals surface area contributed by atoms with Gasteiger partial charge in [-0.1, -0.05) is 0 Å². The van der Waals surface area contributed by atoms with Crippen LogP contribution in [0.4, 0.5) is 4.79 Å². The minimum Gasteiger partial charge on any atom is -0.343 e. The van der Waals surface area contributed by atoms with Gasteiger partial charge in [0.1, 0.15) is 0 Å². The van der Waals surface area contributed by atoms with E-state index >= 15 is 0 Å². The fourth-order valence-electron chi connectivity index (χ4n) is 1.90. The number of hydrogen-bond donors (Lipinski definition) is 3. The average Bonchev–Trinajstić information content (AvgIpc) is 2.92. The molecule has 0 aromatic carbocycles. The van der Waals surface area contributed by atoms with Gasteiger partial charge in [-0.15, -0.1) is 0 Å². The molecule has 1 unspecified atom stereocenters. The van der Waals surface area contributed by atoms with Gasteiger partial charge in [-0.25, -0.2) is 4.79 Å². The predicted octanol–water partition coefficient (Wildman–Crippen LogP) is -0.567. The Labute approximate surface area is 113 Å². The van der Waals surface area contributed by atoms with Crippen molar-refractivity contribution in [2.24, 2.45) is 0 Å². The van der Waals surface area contributed by atoms with Crippen LogP contribution in [0.1, 0.15) is 26.2 Å². The van der Waals surface area contributed by atoms with Crippen molar-refractivity contribution in [1.29, 1.82) is 0 Å². The third-order valence-corrected chi connectivity index (χ3v) is 3.11. The number of amides is 4. The zero-order valence-electron chi connectivity index (χ0n) is 11.5. The second-order valence-electron chi connectivity index (χ2n) is 4.58. The number of nitrogens with zero attached hydrogens (tertiary/aromatic N) is 1. The van der Waals surface area contributed by atoms with Gasteiger partial charge in [0.15, 0.2) is 0 Å². The summed E-state index contributed by atoms with van der Waals surface area (Å²) in [5.74, 6) is -0.295. The van der Waals surface area contributed by atoms with E-state index in [0.717, 1.165) is 25.9 Å². The summed E-state index contributed by atoms with van der Waals surface area (Å²) in [5, 5.41) is 7.41. The molecule has 0 aliphatic carbocycles. The first kappa shape index (κ1) is 15.4. The Morgan fingerprint density at radius 1 is 1.21 bits per heavy atom. The fourth-order valence-corrected chi connectivity index (χ4v) is 1.90. The number of rotatable bonds is 5. The summed E-state index contributed by atoms with van der Waals surface area (Å²) < 4.78 is 0. The van der Waals surface area contributed by atoms with E-state index in [2.05, 4.69) is 16.0 Å². The van der Waals surface area contributed by atoms with E-state index in [1.54, 1.807) is 6.92 Å². The zero-order valence-corrected chi connectivity index (χ0v) is 11.5. The highest BCUT2D eigenvalue weighted by atomic mass is 16.2. The van der Waals surface area contributed by atoms with E-state index in [9.17, 15) is 14.4 Å². The lowest BCUT2D eigenvalue weighted by Crippen LogP contribution is -2.47. The highest BCUT2D eigenvalue weighted by Gasteiger charge is 2.18. The summed E-state index contributed by atoms with van der Waals surface area (Å²) in [7, 11) is 1.44. The number of imide groups is 1. The molecule has 0 aromatic rings. The predicted molar refractivity (Wildman–Crippen MR) is 70.5 cm³/mol. The Balaban J connectivity index is 2.18. The molecule has 3 N–H and O–H groups in total. The Hall–Kier alpha value is -1.63. The third-order valence-electron chi connectivity index (χ3n) is 3.11. The lowest BCUT2D eigenvalue weighted by molar-refractivity contribution is -0.130. The summed E-state index contributed by atoms with van der Waals surface area (Å²) in [4.78, 5) is 36.1. The molecular weight excluding hydrogens is 248 g/mol. The van der Waals surface area contributed by atoms with Gasteiger partial charge in [0.25, 0.3) is 0 Å². The van der Waals surface area contributed by atoms with Gasteiger partial charge in [-0.2, -0.15) is 0 Å². The number of likely N-dealkylation sites (tertiary alicyclic amines) is 1. The summed E-state index contributed by atoms with van der Waals surface area (Å²) >= 11 is 0. The fraction of sp³-hybridized carbons (Fsp3) is 0.750. The SMILES string of the molecule is CNC(=O)NC(=O)C(C)NCCC(=O)N1CCCC1. The smallest absolute Gasteiger partial charge is 0.321 e. The van der Waals surface area contributed by atoms with Gasteiger partial charge >= 0.3 is 6.03 Å². The van der Waals surface area contributed by atoms with Gasteiger partial charge in [-0.3, -0.25) is 14.9 Å². The first-order valence-corrected chi connectivity index (χ1v) is 6.58. The Morgan fingerprint density at radius 2 is 1.84 bits per heavy atom. The second-order valence-corrected chi connectivity index (χ2v) is 4.58. The molecule has 4 amide bonds. The van der Waals surface area contributed by atoms with Crippen LogP contribution in [0.2, 0.25) is 0 Å². The maximum atomic E-state index is 11.7. The Kier molecular flexibility index (Phi) is 6.27. The van der Waals surface area contributed by atoms with Crippen LogP contribution in [0.3, 0.4) is 0 Å². The molecule has 0 aromatic heterocycles. The third kappa shape index (κ3) is 5.25. The van der Waals surface area contributed by atoms with Crippen LogP contribution in [0.25, 0.3) is 0 Å². The second kappa shape index (κ2) is 7.73. The van der Waals surface area contributed by atoms with Crippen molar-refractivity contribution in [2.75, 3.05) is 26.7 Å². The topological polar surface area (TPSA) is 90.5 Å². The zero-order chi connectivity index (χ0) is 14.3. The van der Waals surface area contributed by atoms with Crippen LogP contribution < -0.4 is 16.0 Å². The van der Waals surface area contributed by atoms with E-state index in [1.807, 2.05) is 4.90 Å². The van der Waals surface area contributed by atoms with Gasteiger partial charge < -0.3 is 15.5 Å². The minimum absolute atomic E-state index is 0.115. The maximum Gasteiger partial charge on any atom is 0.321 e. The number of urea groups is 1. The van der Waals surface area contributed by atoms with Crippen LogP contribution in [-0.2, 0) is 9.59 Å². The van der Waals surface area contributed by atoms with Crippen LogP contribution in [0.5, 0.6) is 0 Å². The highest BCUT2D eigenvalue weighted by Crippen LogP contribution is 2.08. The Bertz CT molecular complexity index is 340. The van der Waals surface area contributed by atoms with Crippen molar-refractivity contribution in [3.8, 4) is 0 Å². The molecule has 0 saturated carbocycles. The molecule has 19 heavy (non-hydrogen) atoms. The van der Waals surface area contributed by atoms with Crippen molar-refractivity contribution in [3.05, 3.63) is 0 Å². The Morgan fingerprint density at radius 3 is 2.42 bits per heavy atom. The summed E-state index contributed by atoms with van der Waals surface area (Å²) in [6.07, 6.45) is 2.52. The summed E-state index contributed by atoms with van der Waals surface area (Å²) in [6.45, 7) is 3.76. The maximum absolute atomic E-state index is 11.7. The van der Waals surface area contributed by atoms with Gasteiger partial charge in [-0.05, 0) is 19.8 Å². The average molecular weight is 270 g/mol.